The molecule has 80 valence electrons. The number of nitrogens with one attached hydrogen (secondary N) is 1. The van der Waals surface area contributed by atoms with Crippen molar-refractivity contribution in [2.75, 3.05) is 26.9 Å². The van der Waals surface area contributed by atoms with Gasteiger partial charge in [0.25, 0.3) is 0 Å². The van der Waals surface area contributed by atoms with Gasteiger partial charge in [0.05, 0.1) is 18.8 Å². The lowest BCUT2D eigenvalue weighted by Crippen LogP contribution is -2.39. The lowest BCUT2D eigenvalue weighted by Gasteiger charge is -2.21. The van der Waals surface area contributed by atoms with Crippen LogP contribution in [-0.2, 0) is 9.47 Å². The van der Waals surface area contributed by atoms with Gasteiger partial charge in [-0.2, -0.15) is 5.26 Å². The van der Waals surface area contributed by atoms with Crippen molar-refractivity contribution >= 4 is 0 Å². The van der Waals surface area contributed by atoms with Crippen molar-refractivity contribution in [2.45, 2.75) is 31.4 Å². The van der Waals surface area contributed by atoms with Gasteiger partial charge >= 0.3 is 0 Å². The Labute approximate surface area is 85.2 Å². The number of rotatable bonds is 5. The summed E-state index contributed by atoms with van der Waals surface area (Å²) in [5.74, 6) is 0. The third kappa shape index (κ3) is 3.26. The Morgan fingerprint density at radius 3 is 3.00 bits per heavy atom. The molecule has 0 aliphatic carbocycles. The second-order valence-electron chi connectivity index (χ2n) is 3.80. The van der Waals surface area contributed by atoms with E-state index in [-0.39, 0.29) is 6.10 Å². The average Bonchev–Trinajstić information content (AvgIpc) is 2.70. The maximum Gasteiger partial charge on any atom is 0.105 e. The lowest BCUT2D eigenvalue weighted by molar-refractivity contribution is 0.0354. The first kappa shape index (κ1) is 11.4. The van der Waals surface area contributed by atoms with Gasteiger partial charge in [0.2, 0.25) is 0 Å². The summed E-state index contributed by atoms with van der Waals surface area (Å²) in [6, 6.07) is 2.23. The number of hydrogen-bond acceptors (Lipinski definition) is 4. The highest BCUT2D eigenvalue weighted by Gasteiger charge is 2.22. The van der Waals surface area contributed by atoms with Crippen molar-refractivity contribution in [2.24, 2.45) is 0 Å². The van der Waals surface area contributed by atoms with Gasteiger partial charge < -0.3 is 14.8 Å². The summed E-state index contributed by atoms with van der Waals surface area (Å²) >= 11 is 0. The van der Waals surface area contributed by atoms with Gasteiger partial charge in [-0.3, -0.25) is 0 Å². The Kier molecular flexibility index (Phi) is 4.33. The number of nitrogens with zero attached hydrogens (tertiary/aromatic N) is 1. The molecule has 1 heterocycles. The van der Waals surface area contributed by atoms with E-state index in [2.05, 4.69) is 11.4 Å². The van der Waals surface area contributed by atoms with Crippen molar-refractivity contribution in [3.05, 3.63) is 0 Å². The molecule has 14 heavy (non-hydrogen) atoms. The van der Waals surface area contributed by atoms with Crippen molar-refractivity contribution < 1.29 is 9.47 Å². The average molecular weight is 198 g/mol. The number of hydrogen-bond donors (Lipinski definition) is 1. The fourth-order valence-electron chi connectivity index (χ4n) is 1.31. The Balaban J connectivity index is 2.16. The van der Waals surface area contributed by atoms with Gasteiger partial charge in [0.1, 0.15) is 5.54 Å². The van der Waals surface area contributed by atoms with Crippen LogP contribution in [0.25, 0.3) is 0 Å². The van der Waals surface area contributed by atoms with Crippen LogP contribution in [0.15, 0.2) is 0 Å². The zero-order valence-electron chi connectivity index (χ0n) is 8.88. The van der Waals surface area contributed by atoms with Crippen LogP contribution in [0, 0.1) is 11.3 Å². The molecule has 4 nitrogen and oxygen atoms in total. The van der Waals surface area contributed by atoms with E-state index >= 15 is 0 Å². The quantitative estimate of drug-likeness (QED) is 0.706. The molecule has 0 saturated carbocycles. The topological polar surface area (TPSA) is 54.3 Å². The highest BCUT2D eigenvalue weighted by atomic mass is 16.5. The summed E-state index contributed by atoms with van der Waals surface area (Å²) in [4.78, 5) is 0. The number of nitriles is 1. The molecule has 1 rings (SSSR count). The van der Waals surface area contributed by atoms with Crippen LogP contribution >= 0.6 is 0 Å². The van der Waals surface area contributed by atoms with Crippen molar-refractivity contribution in [3.63, 3.8) is 0 Å². The molecule has 4 heteroatoms. The molecule has 0 radical (unpaired) electrons. The standard InChI is InChI=1S/C10H18N2O2/c1-10(8-11,12-2)4-6-14-9-3-5-13-7-9/h9,12H,3-7H2,1-2H3. The SMILES string of the molecule is CNC(C)(C#N)CCOC1CCOC1. The molecule has 1 aliphatic rings. The maximum absolute atomic E-state index is 8.88. The van der Waals surface area contributed by atoms with Crippen molar-refractivity contribution in [3.8, 4) is 6.07 Å². The molecule has 1 fully saturated rings. The first-order valence-electron chi connectivity index (χ1n) is 5.00. The summed E-state index contributed by atoms with van der Waals surface area (Å²) < 4.78 is 10.8. The molecule has 1 saturated heterocycles. The maximum atomic E-state index is 8.88. The van der Waals surface area contributed by atoms with Crippen LogP contribution in [-0.4, -0.2) is 38.5 Å². The first-order chi connectivity index (χ1) is 6.70. The normalized spacial score (nSPS) is 25.6. The Hall–Kier alpha value is -0.630. The molecule has 0 amide bonds. The fraction of sp³-hybridized carbons (Fsp3) is 0.900. The summed E-state index contributed by atoms with van der Waals surface area (Å²) in [6.45, 7) is 3.98. The number of ether oxygens (including phenoxy) is 2. The predicted molar refractivity (Wildman–Crippen MR) is 52.9 cm³/mol. The highest BCUT2D eigenvalue weighted by molar-refractivity contribution is 5.02. The molecule has 0 aromatic carbocycles. The Morgan fingerprint density at radius 2 is 2.50 bits per heavy atom. The predicted octanol–water partition coefficient (Wildman–Crippen LogP) is 0.684. The third-order valence-electron chi connectivity index (χ3n) is 2.64. The molecule has 0 aromatic rings. The Bertz CT molecular complexity index is 209. The molecule has 0 aromatic heterocycles. The molecular formula is C10H18N2O2. The van der Waals surface area contributed by atoms with E-state index in [1.54, 1.807) is 7.05 Å². The molecule has 1 N–H and O–H groups in total. The fourth-order valence-corrected chi connectivity index (χ4v) is 1.31. The molecule has 2 unspecified atom stereocenters. The van der Waals surface area contributed by atoms with Crippen LogP contribution in [0.4, 0.5) is 0 Å². The minimum absolute atomic E-state index is 0.231. The summed E-state index contributed by atoms with van der Waals surface area (Å²) in [5, 5.41) is 11.9. The zero-order valence-corrected chi connectivity index (χ0v) is 8.88. The molecule has 1 aliphatic heterocycles. The van der Waals surface area contributed by atoms with Crippen LogP contribution in [0.1, 0.15) is 19.8 Å². The van der Waals surface area contributed by atoms with E-state index in [9.17, 15) is 0 Å². The zero-order chi connectivity index (χ0) is 10.4. The van der Waals surface area contributed by atoms with Crippen molar-refractivity contribution in [1.29, 1.82) is 5.26 Å². The van der Waals surface area contributed by atoms with Crippen LogP contribution in [0.5, 0.6) is 0 Å². The van der Waals surface area contributed by atoms with Crippen molar-refractivity contribution in [1.82, 2.24) is 5.32 Å². The third-order valence-corrected chi connectivity index (χ3v) is 2.64. The molecule has 0 bridgehead atoms. The van der Waals surface area contributed by atoms with Crippen LogP contribution < -0.4 is 5.32 Å². The van der Waals surface area contributed by atoms with Crippen LogP contribution in [0.3, 0.4) is 0 Å². The van der Waals surface area contributed by atoms with E-state index in [1.165, 1.54) is 0 Å². The smallest absolute Gasteiger partial charge is 0.105 e. The largest absolute Gasteiger partial charge is 0.379 e. The van der Waals surface area contributed by atoms with Gasteiger partial charge in [0, 0.05) is 19.6 Å². The van der Waals surface area contributed by atoms with Crippen LogP contribution in [0.2, 0.25) is 0 Å². The minimum Gasteiger partial charge on any atom is -0.379 e. The minimum atomic E-state index is -0.473. The molecular weight excluding hydrogens is 180 g/mol. The van der Waals surface area contributed by atoms with E-state index in [1.807, 2.05) is 6.92 Å². The van der Waals surface area contributed by atoms with Gasteiger partial charge in [-0.25, -0.2) is 0 Å². The van der Waals surface area contributed by atoms with Gasteiger partial charge in [-0.15, -0.1) is 0 Å². The van der Waals surface area contributed by atoms with E-state index in [4.69, 9.17) is 14.7 Å². The Morgan fingerprint density at radius 1 is 1.71 bits per heavy atom. The summed E-state index contributed by atoms with van der Waals surface area (Å²) in [7, 11) is 1.79. The van der Waals surface area contributed by atoms with E-state index < -0.39 is 5.54 Å². The lowest BCUT2D eigenvalue weighted by atomic mass is 10.0. The second-order valence-corrected chi connectivity index (χ2v) is 3.80. The van der Waals surface area contributed by atoms with Gasteiger partial charge in [-0.1, -0.05) is 0 Å². The van der Waals surface area contributed by atoms with Gasteiger partial charge in [-0.05, 0) is 20.4 Å². The summed E-state index contributed by atoms with van der Waals surface area (Å²) in [5.41, 5.74) is -0.473. The highest BCUT2D eigenvalue weighted by Crippen LogP contribution is 2.12. The monoisotopic (exact) mass is 198 g/mol. The second kappa shape index (κ2) is 5.30. The molecule has 2 atom stereocenters. The first-order valence-corrected chi connectivity index (χ1v) is 5.00. The van der Waals surface area contributed by atoms with E-state index in [0.717, 1.165) is 13.0 Å². The van der Waals surface area contributed by atoms with E-state index in [0.29, 0.717) is 19.6 Å². The molecule has 0 spiro atoms. The van der Waals surface area contributed by atoms with Gasteiger partial charge in [0.15, 0.2) is 0 Å². The summed E-state index contributed by atoms with van der Waals surface area (Å²) in [6.07, 6.45) is 1.91.